The van der Waals surface area contributed by atoms with Crippen LogP contribution in [0.4, 0.5) is 11.6 Å². The summed E-state index contributed by atoms with van der Waals surface area (Å²) in [6, 6.07) is 0. The molecule has 12 rings (SSSR count). The minimum Gasteiger partial charge on any atom is -0.383 e. The third-order valence-electron chi connectivity index (χ3n) is 11.7. The summed E-state index contributed by atoms with van der Waals surface area (Å²) in [6.07, 6.45) is 8.11. The molecule has 32 nitrogen and oxygen atoms in total. The molecular formula is C48H65ClN28O4. The van der Waals surface area contributed by atoms with Gasteiger partial charge in [0.1, 0.15) is 87.9 Å². The predicted octanol–water partition coefficient (Wildman–Crippen LogP) is 2.61. The molecule has 0 saturated carbocycles. The molecule has 12 heterocycles. The Bertz CT molecular complexity index is 4150. The fourth-order valence-electron chi connectivity index (χ4n) is 7.43. The number of H-pyrrole nitrogens is 3. The third kappa shape index (κ3) is 14.6. The maximum atomic E-state index is 11.4. The van der Waals surface area contributed by atoms with Gasteiger partial charge >= 0.3 is 0 Å². The molecule has 0 bridgehead atoms. The molecule has 0 saturated heterocycles. The highest BCUT2D eigenvalue weighted by atomic mass is 35.5. The average Bonchev–Trinajstić information content (AvgIpc) is 4.32. The van der Waals surface area contributed by atoms with E-state index in [4.69, 9.17) is 34.9 Å². The van der Waals surface area contributed by atoms with E-state index in [0.717, 1.165) is 62.7 Å². The van der Waals surface area contributed by atoms with Gasteiger partial charge in [-0.2, -0.15) is 0 Å². The summed E-state index contributed by atoms with van der Waals surface area (Å²) >= 11 is 5.85. The molecule has 0 atom stereocenters. The van der Waals surface area contributed by atoms with Crippen molar-refractivity contribution in [3.63, 3.8) is 0 Å². The molecule has 0 aromatic carbocycles. The number of imidazole rings is 7. The minimum absolute atomic E-state index is 0.175. The molecule has 0 spiro atoms. The first-order valence-electron chi connectivity index (χ1n) is 24.4. The molecule has 0 amide bonds. The molecule has 0 unspecified atom stereocenters. The zero-order valence-electron chi connectivity index (χ0n) is 47.5. The number of hydrogen-bond acceptors (Lipinski definition) is 23. The van der Waals surface area contributed by atoms with E-state index in [1.807, 2.05) is 90.5 Å². The molecule has 12 aromatic rings. The van der Waals surface area contributed by atoms with E-state index in [1.165, 1.54) is 6.33 Å². The van der Waals surface area contributed by atoms with Gasteiger partial charge in [-0.3, -0.25) is 19.3 Å². The summed E-state index contributed by atoms with van der Waals surface area (Å²) in [7, 11) is 11.2. The monoisotopic (exact) mass is 1130 g/mol. The van der Waals surface area contributed by atoms with E-state index in [0.29, 0.717) is 73.5 Å². The second kappa shape index (κ2) is 26.4. The summed E-state index contributed by atoms with van der Waals surface area (Å²) in [5.41, 5.74) is 20.9. The number of halogens is 1. The van der Waals surface area contributed by atoms with Crippen LogP contribution < -0.4 is 34.4 Å². The Balaban J connectivity index is 0.000000153. The van der Waals surface area contributed by atoms with Crippen LogP contribution in [-0.4, -0.2) is 117 Å². The van der Waals surface area contributed by atoms with Crippen molar-refractivity contribution in [1.82, 2.24) is 117 Å². The number of nitrogens with zero attached hydrogens (tertiary/aromatic N) is 21. The van der Waals surface area contributed by atoms with E-state index in [9.17, 15) is 9.59 Å². The van der Waals surface area contributed by atoms with Crippen molar-refractivity contribution in [1.29, 1.82) is 0 Å². The van der Waals surface area contributed by atoms with E-state index < -0.39 is 0 Å². The second-order valence-corrected chi connectivity index (χ2v) is 18.4. The molecule has 0 radical (unpaired) electrons. The Morgan fingerprint density at radius 1 is 0.481 bits per heavy atom. The van der Waals surface area contributed by atoms with Crippen LogP contribution in [0.15, 0.2) is 41.2 Å². The van der Waals surface area contributed by atoms with E-state index >= 15 is 0 Å². The van der Waals surface area contributed by atoms with Gasteiger partial charge in [-0.25, -0.2) is 86.6 Å². The van der Waals surface area contributed by atoms with Crippen LogP contribution >= 0.6 is 11.6 Å². The number of nitrogens with two attached hydrogens (primary N) is 4. The van der Waals surface area contributed by atoms with Crippen molar-refractivity contribution < 1.29 is 9.68 Å². The third-order valence-corrected chi connectivity index (χ3v) is 12.0. The number of rotatable bonds is 4. The summed E-state index contributed by atoms with van der Waals surface area (Å²) in [6.45, 7) is 17.3. The molecule has 0 aliphatic rings. The Hall–Kier alpha value is -9.50. The highest BCUT2D eigenvalue weighted by Gasteiger charge is 2.12. The normalized spacial score (nSPS) is 10.7. The van der Waals surface area contributed by atoms with Gasteiger partial charge < -0.3 is 53.8 Å². The van der Waals surface area contributed by atoms with Gasteiger partial charge in [0.25, 0.3) is 11.1 Å². The molecule has 0 aliphatic heterocycles. The van der Waals surface area contributed by atoms with E-state index in [-0.39, 0.29) is 24.3 Å². The maximum Gasteiger partial charge on any atom is 0.279 e. The van der Waals surface area contributed by atoms with Gasteiger partial charge in [-0.1, -0.05) is 11.6 Å². The predicted molar refractivity (Wildman–Crippen MR) is 303 cm³/mol. The Labute approximate surface area is 466 Å². The second-order valence-electron chi connectivity index (χ2n) is 18.0. The lowest BCUT2D eigenvalue weighted by atomic mass is 10.4. The molecule has 12 aromatic heterocycles. The van der Waals surface area contributed by atoms with Gasteiger partial charge in [-0.15, -0.1) is 0 Å². The number of nitrogens with one attached hydrogen (secondary N) is 3. The van der Waals surface area contributed by atoms with Crippen molar-refractivity contribution >= 4 is 79.1 Å². The first kappa shape index (κ1) is 60.7. The Morgan fingerprint density at radius 3 is 1.43 bits per heavy atom. The van der Waals surface area contributed by atoms with Crippen molar-refractivity contribution in [3.05, 3.63) is 121 Å². The number of aromatic amines is 3. The first-order chi connectivity index (χ1) is 38.3. The highest BCUT2D eigenvalue weighted by molar-refractivity contribution is 6.33. The molecule has 11 N–H and O–H groups in total. The molecule has 428 valence electrons. The van der Waals surface area contributed by atoms with Gasteiger partial charge in [0, 0.05) is 42.3 Å². The molecule has 81 heavy (non-hydrogen) atoms. The fraction of sp³-hybridized carbons (Fsp3) is 0.354. The number of aryl methyl sites for hydroxylation is 15. The largest absolute Gasteiger partial charge is 0.383 e. The topological polar surface area (TPSA) is 427 Å². The zero-order chi connectivity index (χ0) is 59.6. The van der Waals surface area contributed by atoms with Crippen molar-refractivity contribution in [2.24, 2.45) is 54.1 Å². The minimum atomic E-state index is -0.182. The quantitative estimate of drug-likeness (QED) is 0.0983. The van der Waals surface area contributed by atoms with Crippen molar-refractivity contribution in [2.45, 2.75) is 75.5 Å². The number of aromatic nitrogens is 24. The van der Waals surface area contributed by atoms with Gasteiger partial charge in [0.05, 0.1) is 48.7 Å². The fourth-order valence-corrected chi connectivity index (χ4v) is 7.68. The number of fused-ring (bicyclic) bond motifs is 5. The lowest BCUT2D eigenvalue weighted by Crippen LogP contribution is -2.10. The smallest absolute Gasteiger partial charge is 0.279 e. The van der Waals surface area contributed by atoms with Crippen molar-refractivity contribution in [2.75, 3.05) is 11.5 Å². The average molecular weight is 1130 g/mol. The SMILES string of the molecule is Cc1nc(C)c2nc(C)n(C)c2n1.Cc1nc(C)c2ncn(C)c2n1.Cc1nc(Cl)c2ncn(C)c2n1.Cc1nc2c(nc(C)n2C)c(=O)[nH]1.Cc1nc2c(ncn2C)c(=O)[nH]1.Cn1cnc(CON)c1N.NOCc1[nH]cnc1N. The Morgan fingerprint density at radius 2 is 0.914 bits per heavy atom. The van der Waals surface area contributed by atoms with Gasteiger partial charge in [0.2, 0.25) is 0 Å². The zero-order valence-corrected chi connectivity index (χ0v) is 48.3. The van der Waals surface area contributed by atoms with Crippen LogP contribution in [-0.2, 0) is 65.2 Å². The lowest BCUT2D eigenvalue weighted by molar-refractivity contribution is 0.122. The number of anilines is 2. The van der Waals surface area contributed by atoms with Crippen molar-refractivity contribution in [3.8, 4) is 0 Å². The van der Waals surface area contributed by atoms with Crippen LogP contribution in [0.2, 0.25) is 5.15 Å². The van der Waals surface area contributed by atoms with Crippen LogP contribution in [0.3, 0.4) is 0 Å². The summed E-state index contributed by atoms with van der Waals surface area (Å²) < 4.78 is 10.9. The molecule has 0 aliphatic carbocycles. The van der Waals surface area contributed by atoms with Crippen LogP contribution in [0.25, 0.3) is 55.8 Å². The Kier molecular flexibility index (Phi) is 19.8. The lowest BCUT2D eigenvalue weighted by Gasteiger charge is -1.98. The van der Waals surface area contributed by atoms with Crippen LogP contribution in [0, 0.1) is 62.3 Å². The highest BCUT2D eigenvalue weighted by Crippen LogP contribution is 2.18. The standard InChI is InChI=1S/C9H12N4.C8H10N4O.C8H10N4.C7H7ClN4.C7H8N4O.C5H10N4O.C4H8N4O/c1-5-8-9(11-6(2)10-5)13(4)7(3)12-8;1-4-9-7-6(8(13)10-4)11-5(2)12(7)3;1-5-7-8(11-6(2)10-5)12(3)4-9-7;1-4-10-6(8)5-7(11-4)12(2)3-9-5;1-4-9-6-5(7(12)10-4)8-3-11(6)2;1-9-3-8-4(2-10-7)5(9)6;5-4-3(1-9-6)7-2-8-4/h1-4H3;1-3H3,(H,9,10,13);4H,1-3H3;3H,1-2H3;3H,1-2H3,(H,9,10,12);3H,2,6-7H2,1H3;2H,1,5-6H2,(H,7,8). The van der Waals surface area contributed by atoms with E-state index in [1.54, 1.807) is 66.8 Å². The van der Waals surface area contributed by atoms with Gasteiger partial charge in [-0.05, 0) is 62.3 Å². The number of hydrogen-bond donors (Lipinski definition) is 7. The summed E-state index contributed by atoms with van der Waals surface area (Å²) in [5.74, 6) is 15.9. The first-order valence-corrected chi connectivity index (χ1v) is 24.7. The summed E-state index contributed by atoms with van der Waals surface area (Å²) in [4.78, 5) is 101. The molecular weight excluding hydrogens is 1070 g/mol. The number of nitrogen functional groups attached to an aromatic ring is 2. The summed E-state index contributed by atoms with van der Waals surface area (Å²) in [5, 5.41) is 0.415. The molecule has 33 heteroatoms. The maximum absolute atomic E-state index is 11.4. The van der Waals surface area contributed by atoms with Crippen LogP contribution in [0.5, 0.6) is 0 Å². The van der Waals surface area contributed by atoms with Crippen LogP contribution in [0.1, 0.15) is 63.5 Å². The van der Waals surface area contributed by atoms with E-state index in [2.05, 4.69) is 99.4 Å². The molecule has 0 fully saturated rings. The van der Waals surface area contributed by atoms with Gasteiger partial charge in [0.15, 0.2) is 44.4 Å².